The van der Waals surface area contributed by atoms with E-state index in [9.17, 15) is 13.2 Å². The van der Waals surface area contributed by atoms with Crippen molar-refractivity contribution in [3.05, 3.63) is 28.8 Å². The topological polar surface area (TPSA) is 77.2 Å². The summed E-state index contributed by atoms with van der Waals surface area (Å²) < 4.78 is 22.5. The molecule has 0 saturated heterocycles. The number of rotatable bonds is 3. The summed E-state index contributed by atoms with van der Waals surface area (Å²) in [7, 11) is -3.37. The van der Waals surface area contributed by atoms with E-state index in [1.165, 1.54) is 18.2 Å². The Hall–Kier alpha value is -0.910. The molecule has 1 aromatic carbocycles. The number of carbonyl (C=O) groups excluding carboxylic acids is 1. The molecule has 0 bridgehead atoms. The van der Waals surface area contributed by atoms with Gasteiger partial charge in [0.2, 0.25) is 0 Å². The molecular weight excluding hydrogens is 238 g/mol. The van der Waals surface area contributed by atoms with Gasteiger partial charge in [-0.15, -0.1) is 0 Å². The standard InChI is InChI=1S/C9H10ClNO3S/c1-15(13,14)8-3-6(9(12)5-11)2-7(10)4-8/h2-4H,5,11H2,1H3. The smallest absolute Gasteiger partial charge is 0.176 e. The summed E-state index contributed by atoms with van der Waals surface area (Å²) >= 11 is 5.70. The second kappa shape index (κ2) is 4.30. The zero-order chi connectivity index (χ0) is 11.6. The average Bonchev–Trinajstić information content (AvgIpc) is 2.14. The summed E-state index contributed by atoms with van der Waals surface area (Å²) in [6.45, 7) is -0.177. The maximum Gasteiger partial charge on any atom is 0.176 e. The van der Waals surface area contributed by atoms with Gasteiger partial charge in [0.1, 0.15) is 0 Å². The number of nitrogens with two attached hydrogens (primary N) is 1. The second-order valence-corrected chi connectivity index (χ2v) is 5.53. The quantitative estimate of drug-likeness (QED) is 0.805. The van der Waals surface area contributed by atoms with Gasteiger partial charge in [-0.3, -0.25) is 4.79 Å². The summed E-state index contributed by atoms with van der Waals surface area (Å²) in [6, 6.07) is 3.96. The minimum Gasteiger partial charge on any atom is -0.324 e. The predicted molar refractivity (Wildman–Crippen MR) is 57.9 cm³/mol. The van der Waals surface area contributed by atoms with Crippen LogP contribution in [-0.2, 0) is 9.84 Å². The zero-order valence-electron chi connectivity index (χ0n) is 8.03. The van der Waals surface area contributed by atoms with Gasteiger partial charge < -0.3 is 5.73 Å². The number of sulfone groups is 1. The SMILES string of the molecule is CS(=O)(=O)c1cc(Cl)cc(C(=O)CN)c1. The lowest BCUT2D eigenvalue weighted by molar-refractivity contribution is 0.100. The Morgan fingerprint density at radius 1 is 1.40 bits per heavy atom. The zero-order valence-corrected chi connectivity index (χ0v) is 9.60. The van der Waals surface area contributed by atoms with Crippen molar-refractivity contribution in [1.29, 1.82) is 0 Å². The Morgan fingerprint density at radius 3 is 2.47 bits per heavy atom. The molecule has 1 aromatic rings. The molecule has 6 heteroatoms. The lowest BCUT2D eigenvalue weighted by Gasteiger charge is -2.03. The molecule has 0 unspecified atom stereocenters. The van der Waals surface area contributed by atoms with E-state index in [1.807, 2.05) is 0 Å². The molecule has 0 fully saturated rings. The van der Waals surface area contributed by atoms with Crippen LogP contribution in [0.15, 0.2) is 23.1 Å². The van der Waals surface area contributed by atoms with Gasteiger partial charge in [0, 0.05) is 16.8 Å². The lowest BCUT2D eigenvalue weighted by atomic mass is 10.1. The molecular formula is C9H10ClNO3S. The molecule has 0 atom stereocenters. The molecule has 0 aliphatic heterocycles. The Labute approximate surface area is 93.0 Å². The average molecular weight is 248 g/mol. The van der Waals surface area contributed by atoms with Crippen molar-refractivity contribution in [1.82, 2.24) is 0 Å². The van der Waals surface area contributed by atoms with E-state index >= 15 is 0 Å². The number of hydrogen-bond donors (Lipinski definition) is 1. The largest absolute Gasteiger partial charge is 0.324 e. The van der Waals surface area contributed by atoms with Crippen molar-refractivity contribution in [3.63, 3.8) is 0 Å². The molecule has 1 rings (SSSR count). The Kier molecular flexibility index (Phi) is 3.49. The fourth-order valence-electron chi connectivity index (χ4n) is 1.06. The van der Waals surface area contributed by atoms with E-state index in [2.05, 4.69) is 0 Å². The fourth-order valence-corrected chi connectivity index (χ4v) is 2.04. The Balaban J connectivity index is 3.35. The van der Waals surface area contributed by atoms with Crippen LogP contribution in [0.1, 0.15) is 10.4 Å². The van der Waals surface area contributed by atoms with Crippen LogP contribution in [0.5, 0.6) is 0 Å². The summed E-state index contributed by atoms with van der Waals surface area (Å²) in [5, 5.41) is 0.203. The van der Waals surface area contributed by atoms with E-state index in [0.29, 0.717) is 0 Å². The van der Waals surface area contributed by atoms with Gasteiger partial charge >= 0.3 is 0 Å². The normalized spacial score (nSPS) is 11.4. The van der Waals surface area contributed by atoms with E-state index in [4.69, 9.17) is 17.3 Å². The van der Waals surface area contributed by atoms with Gasteiger partial charge in [-0.2, -0.15) is 0 Å². The number of benzene rings is 1. The molecule has 0 aliphatic carbocycles. The van der Waals surface area contributed by atoms with Gasteiger partial charge in [0.15, 0.2) is 15.6 Å². The molecule has 0 aromatic heterocycles. The molecule has 0 amide bonds. The molecule has 0 spiro atoms. The van der Waals surface area contributed by atoms with Crippen LogP contribution >= 0.6 is 11.6 Å². The molecule has 4 nitrogen and oxygen atoms in total. The van der Waals surface area contributed by atoms with E-state index in [-0.39, 0.29) is 27.8 Å². The first-order valence-electron chi connectivity index (χ1n) is 4.08. The third kappa shape index (κ3) is 3.02. The monoisotopic (exact) mass is 247 g/mol. The minimum absolute atomic E-state index is 0.0202. The number of carbonyl (C=O) groups is 1. The van der Waals surface area contributed by atoms with Crippen LogP contribution in [0.25, 0.3) is 0 Å². The predicted octanol–water partition coefficient (Wildman–Crippen LogP) is 0.885. The number of halogens is 1. The minimum atomic E-state index is -3.37. The third-order valence-electron chi connectivity index (χ3n) is 1.81. The van der Waals surface area contributed by atoms with Crippen molar-refractivity contribution >= 4 is 27.2 Å². The van der Waals surface area contributed by atoms with Gasteiger partial charge in [-0.05, 0) is 18.2 Å². The first kappa shape index (κ1) is 12.2. The highest BCUT2D eigenvalue weighted by molar-refractivity contribution is 7.90. The first-order chi connectivity index (χ1) is 6.84. The molecule has 0 saturated carbocycles. The lowest BCUT2D eigenvalue weighted by Crippen LogP contribution is -2.14. The first-order valence-corrected chi connectivity index (χ1v) is 6.35. The molecule has 0 aliphatic rings. The highest BCUT2D eigenvalue weighted by Crippen LogP contribution is 2.19. The fraction of sp³-hybridized carbons (Fsp3) is 0.222. The molecule has 0 heterocycles. The van der Waals surface area contributed by atoms with Crippen molar-refractivity contribution in [2.24, 2.45) is 5.73 Å². The maximum atomic E-state index is 11.3. The summed E-state index contributed by atoms with van der Waals surface area (Å²) in [5.41, 5.74) is 5.38. The highest BCUT2D eigenvalue weighted by atomic mass is 35.5. The van der Waals surface area contributed by atoms with Gasteiger partial charge in [0.25, 0.3) is 0 Å². The van der Waals surface area contributed by atoms with Gasteiger partial charge in [-0.1, -0.05) is 11.6 Å². The van der Waals surface area contributed by atoms with Gasteiger partial charge in [0.05, 0.1) is 11.4 Å². The third-order valence-corrected chi connectivity index (χ3v) is 3.12. The van der Waals surface area contributed by atoms with Crippen LogP contribution in [0, 0.1) is 0 Å². The van der Waals surface area contributed by atoms with Crippen LogP contribution in [0.2, 0.25) is 5.02 Å². The number of Topliss-reactive ketones (excluding diaryl/α,β-unsaturated/α-hetero) is 1. The van der Waals surface area contributed by atoms with Crippen molar-refractivity contribution in [2.75, 3.05) is 12.8 Å². The number of hydrogen-bond acceptors (Lipinski definition) is 4. The van der Waals surface area contributed by atoms with Crippen LogP contribution in [0.3, 0.4) is 0 Å². The summed E-state index contributed by atoms with van der Waals surface area (Å²) in [4.78, 5) is 11.3. The molecule has 82 valence electrons. The number of ketones is 1. The van der Waals surface area contributed by atoms with Crippen molar-refractivity contribution in [2.45, 2.75) is 4.90 Å². The van der Waals surface area contributed by atoms with E-state index in [0.717, 1.165) is 6.26 Å². The molecule has 2 N–H and O–H groups in total. The van der Waals surface area contributed by atoms with Gasteiger partial charge in [-0.25, -0.2) is 8.42 Å². The van der Waals surface area contributed by atoms with Crippen molar-refractivity contribution in [3.8, 4) is 0 Å². The van der Waals surface area contributed by atoms with E-state index < -0.39 is 9.84 Å². The highest BCUT2D eigenvalue weighted by Gasteiger charge is 2.12. The maximum absolute atomic E-state index is 11.3. The Morgan fingerprint density at radius 2 is 2.00 bits per heavy atom. The molecule has 0 radical (unpaired) electrons. The summed E-state index contributed by atoms with van der Waals surface area (Å²) in [5.74, 6) is -0.345. The van der Waals surface area contributed by atoms with Crippen LogP contribution < -0.4 is 5.73 Å². The molecule has 15 heavy (non-hydrogen) atoms. The van der Waals surface area contributed by atoms with Crippen molar-refractivity contribution < 1.29 is 13.2 Å². The Bertz CT molecular complexity index is 496. The van der Waals surface area contributed by atoms with Crippen LogP contribution in [0.4, 0.5) is 0 Å². The van der Waals surface area contributed by atoms with Crippen LogP contribution in [-0.4, -0.2) is 27.0 Å². The summed E-state index contributed by atoms with van der Waals surface area (Å²) in [6.07, 6.45) is 1.05. The van der Waals surface area contributed by atoms with E-state index in [1.54, 1.807) is 0 Å². The second-order valence-electron chi connectivity index (χ2n) is 3.08.